The average molecular weight is 232 g/mol. The Morgan fingerprint density at radius 1 is 1.29 bits per heavy atom. The number of fused-ring (bicyclic) bond motifs is 1. The molecule has 1 N–H and O–H groups in total. The molecule has 3 unspecified atom stereocenters. The zero-order chi connectivity index (χ0) is 11.9. The Morgan fingerprint density at radius 2 is 2.12 bits per heavy atom. The van der Waals surface area contributed by atoms with Crippen molar-refractivity contribution in [2.75, 3.05) is 13.2 Å². The maximum Gasteiger partial charge on any atom is 0.0950 e. The molecule has 17 heavy (non-hydrogen) atoms. The first kappa shape index (κ1) is 11.2. The highest BCUT2D eigenvalue weighted by Gasteiger charge is 2.44. The Morgan fingerprint density at radius 3 is 2.88 bits per heavy atom. The maximum absolute atomic E-state index is 11.1. The monoisotopic (exact) mass is 232 g/mol. The van der Waals surface area contributed by atoms with E-state index in [1.807, 2.05) is 6.07 Å². The van der Waals surface area contributed by atoms with Gasteiger partial charge in [0.05, 0.1) is 12.2 Å². The minimum Gasteiger partial charge on any atom is -0.385 e. The molecule has 0 amide bonds. The Kier molecular flexibility index (Phi) is 2.72. The highest BCUT2D eigenvalue weighted by Crippen LogP contribution is 2.47. The minimum atomic E-state index is -0.653. The lowest BCUT2D eigenvalue weighted by molar-refractivity contribution is -0.0438. The SMILES string of the molecule is CC1CCC(O)(C2CCOC2)c2ccccc21. The molecular weight excluding hydrogens is 212 g/mol. The van der Waals surface area contributed by atoms with Crippen molar-refractivity contribution in [1.82, 2.24) is 0 Å². The molecule has 0 spiro atoms. The maximum atomic E-state index is 11.1. The van der Waals surface area contributed by atoms with E-state index in [0.29, 0.717) is 12.5 Å². The first-order chi connectivity index (χ1) is 8.22. The summed E-state index contributed by atoms with van der Waals surface area (Å²) >= 11 is 0. The molecule has 2 aliphatic rings. The van der Waals surface area contributed by atoms with Crippen LogP contribution in [0.5, 0.6) is 0 Å². The van der Waals surface area contributed by atoms with Gasteiger partial charge in [-0.05, 0) is 36.3 Å². The molecule has 0 bridgehead atoms. The number of hydrogen-bond acceptors (Lipinski definition) is 2. The molecule has 1 saturated heterocycles. The fourth-order valence-electron chi connectivity index (χ4n) is 3.38. The van der Waals surface area contributed by atoms with E-state index in [9.17, 15) is 5.11 Å². The number of ether oxygens (including phenoxy) is 1. The van der Waals surface area contributed by atoms with Crippen molar-refractivity contribution >= 4 is 0 Å². The Bertz CT molecular complexity index is 409. The van der Waals surface area contributed by atoms with Gasteiger partial charge in [0.2, 0.25) is 0 Å². The van der Waals surface area contributed by atoms with Crippen LogP contribution >= 0.6 is 0 Å². The number of benzene rings is 1. The first-order valence-corrected chi connectivity index (χ1v) is 6.61. The number of hydrogen-bond donors (Lipinski definition) is 1. The van der Waals surface area contributed by atoms with Crippen molar-refractivity contribution in [3.8, 4) is 0 Å². The Hall–Kier alpha value is -0.860. The van der Waals surface area contributed by atoms with E-state index in [2.05, 4.69) is 25.1 Å². The third kappa shape index (κ3) is 1.71. The summed E-state index contributed by atoms with van der Waals surface area (Å²) in [7, 11) is 0. The fraction of sp³-hybridized carbons (Fsp3) is 0.600. The summed E-state index contributed by atoms with van der Waals surface area (Å²) in [6.45, 7) is 3.76. The van der Waals surface area contributed by atoms with Crippen molar-refractivity contribution in [3.05, 3.63) is 35.4 Å². The molecule has 0 saturated carbocycles. The summed E-state index contributed by atoms with van der Waals surface area (Å²) in [5.41, 5.74) is 1.82. The van der Waals surface area contributed by atoms with E-state index in [-0.39, 0.29) is 5.92 Å². The fourth-order valence-corrected chi connectivity index (χ4v) is 3.38. The summed E-state index contributed by atoms with van der Waals surface area (Å²) in [4.78, 5) is 0. The zero-order valence-electron chi connectivity index (χ0n) is 10.4. The second-order valence-electron chi connectivity index (χ2n) is 5.51. The average Bonchev–Trinajstić information content (AvgIpc) is 2.89. The molecule has 2 nitrogen and oxygen atoms in total. The largest absolute Gasteiger partial charge is 0.385 e. The quantitative estimate of drug-likeness (QED) is 0.806. The van der Waals surface area contributed by atoms with Gasteiger partial charge in [0, 0.05) is 12.5 Å². The molecule has 1 aliphatic carbocycles. The van der Waals surface area contributed by atoms with Crippen molar-refractivity contribution < 1.29 is 9.84 Å². The second-order valence-corrected chi connectivity index (χ2v) is 5.51. The lowest BCUT2D eigenvalue weighted by atomic mass is 9.68. The van der Waals surface area contributed by atoms with Gasteiger partial charge >= 0.3 is 0 Å². The van der Waals surface area contributed by atoms with Crippen LogP contribution in [-0.4, -0.2) is 18.3 Å². The Labute approximate surface area is 103 Å². The van der Waals surface area contributed by atoms with Gasteiger partial charge in [-0.2, -0.15) is 0 Å². The van der Waals surface area contributed by atoms with Crippen LogP contribution in [0.1, 0.15) is 43.2 Å². The molecule has 0 radical (unpaired) electrons. The molecular formula is C15H20O2. The summed E-state index contributed by atoms with van der Waals surface area (Å²) in [5.74, 6) is 0.838. The van der Waals surface area contributed by atoms with Crippen LogP contribution in [0.2, 0.25) is 0 Å². The van der Waals surface area contributed by atoms with E-state index in [1.165, 1.54) is 5.56 Å². The van der Waals surface area contributed by atoms with Crippen molar-refractivity contribution in [2.45, 2.75) is 37.7 Å². The molecule has 1 aromatic rings. The van der Waals surface area contributed by atoms with Crippen LogP contribution < -0.4 is 0 Å². The van der Waals surface area contributed by atoms with E-state index in [4.69, 9.17) is 4.74 Å². The molecule has 1 aliphatic heterocycles. The first-order valence-electron chi connectivity index (χ1n) is 6.61. The van der Waals surface area contributed by atoms with Crippen molar-refractivity contribution in [3.63, 3.8) is 0 Å². The summed E-state index contributed by atoms with van der Waals surface area (Å²) in [6.07, 6.45) is 2.93. The minimum absolute atomic E-state index is 0.274. The van der Waals surface area contributed by atoms with Gasteiger partial charge < -0.3 is 9.84 Å². The van der Waals surface area contributed by atoms with Gasteiger partial charge in [-0.1, -0.05) is 31.2 Å². The molecule has 1 aromatic carbocycles. The van der Waals surface area contributed by atoms with Gasteiger partial charge in [-0.3, -0.25) is 0 Å². The van der Waals surface area contributed by atoms with Gasteiger partial charge in [-0.25, -0.2) is 0 Å². The Balaban J connectivity index is 2.04. The molecule has 92 valence electrons. The third-order valence-electron chi connectivity index (χ3n) is 4.52. The molecule has 1 heterocycles. The lowest BCUT2D eigenvalue weighted by Gasteiger charge is -2.40. The van der Waals surface area contributed by atoms with E-state index >= 15 is 0 Å². The molecule has 3 atom stereocenters. The highest BCUT2D eigenvalue weighted by atomic mass is 16.5. The third-order valence-corrected chi connectivity index (χ3v) is 4.52. The van der Waals surface area contributed by atoms with Crippen molar-refractivity contribution in [1.29, 1.82) is 0 Å². The molecule has 2 heteroatoms. The topological polar surface area (TPSA) is 29.5 Å². The van der Waals surface area contributed by atoms with E-state index in [1.54, 1.807) is 0 Å². The van der Waals surface area contributed by atoms with Gasteiger partial charge in [0.25, 0.3) is 0 Å². The van der Waals surface area contributed by atoms with Crippen molar-refractivity contribution in [2.24, 2.45) is 5.92 Å². The van der Waals surface area contributed by atoms with Crippen LogP contribution in [-0.2, 0) is 10.3 Å². The number of rotatable bonds is 1. The zero-order valence-corrected chi connectivity index (χ0v) is 10.4. The number of aliphatic hydroxyl groups is 1. The van der Waals surface area contributed by atoms with Gasteiger partial charge in [0.1, 0.15) is 0 Å². The predicted molar refractivity (Wildman–Crippen MR) is 66.9 cm³/mol. The lowest BCUT2D eigenvalue weighted by Crippen LogP contribution is -2.39. The smallest absolute Gasteiger partial charge is 0.0950 e. The van der Waals surface area contributed by atoms with E-state index in [0.717, 1.165) is 31.4 Å². The normalized spacial score (nSPS) is 36.8. The van der Waals surface area contributed by atoms with Crippen LogP contribution in [0.25, 0.3) is 0 Å². The van der Waals surface area contributed by atoms with Crippen LogP contribution in [0.15, 0.2) is 24.3 Å². The van der Waals surface area contributed by atoms with Gasteiger partial charge in [0.15, 0.2) is 0 Å². The molecule has 0 aromatic heterocycles. The summed E-state index contributed by atoms with van der Waals surface area (Å²) in [5, 5.41) is 11.1. The summed E-state index contributed by atoms with van der Waals surface area (Å²) in [6, 6.07) is 8.38. The molecule has 1 fully saturated rings. The standard InChI is InChI=1S/C15H20O2/c1-11-6-8-15(16,12-7-9-17-10-12)14-5-3-2-4-13(11)14/h2-5,11-12,16H,6-10H2,1H3. The van der Waals surface area contributed by atoms with E-state index < -0.39 is 5.60 Å². The molecule has 3 rings (SSSR count). The second kappa shape index (κ2) is 4.11. The van der Waals surface area contributed by atoms with Crippen LogP contribution in [0.4, 0.5) is 0 Å². The van der Waals surface area contributed by atoms with Crippen LogP contribution in [0, 0.1) is 5.92 Å². The van der Waals surface area contributed by atoms with Gasteiger partial charge in [-0.15, -0.1) is 0 Å². The van der Waals surface area contributed by atoms with Crippen LogP contribution in [0.3, 0.4) is 0 Å². The highest BCUT2D eigenvalue weighted by molar-refractivity contribution is 5.38. The predicted octanol–water partition coefficient (Wildman–Crippen LogP) is 2.81. The summed E-state index contributed by atoms with van der Waals surface area (Å²) < 4.78 is 5.46.